The molecular weight excluding hydrogens is 180 g/mol. The summed E-state index contributed by atoms with van der Waals surface area (Å²) >= 11 is 0. The van der Waals surface area contributed by atoms with Gasteiger partial charge in [-0.1, -0.05) is 37.3 Å². The Kier molecular flexibility index (Phi) is 3.54. The lowest BCUT2D eigenvalue weighted by atomic mass is 10.0. The van der Waals surface area contributed by atoms with Gasteiger partial charge in [0.25, 0.3) is 0 Å². The maximum atomic E-state index is 11.4. The highest BCUT2D eigenvalue weighted by molar-refractivity contribution is 6.45. The lowest BCUT2D eigenvalue weighted by Crippen LogP contribution is -2.27. The molecule has 1 aromatic carbocycles. The van der Waals surface area contributed by atoms with Gasteiger partial charge < -0.3 is 5.11 Å². The van der Waals surface area contributed by atoms with E-state index in [0.717, 1.165) is 0 Å². The van der Waals surface area contributed by atoms with E-state index in [1.54, 1.807) is 37.3 Å². The zero-order chi connectivity index (χ0) is 10.6. The lowest BCUT2D eigenvalue weighted by Gasteiger charge is -2.04. The molecule has 0 aliphatic heterocycles. The molecule has 3 heteroatoms. The van der Waals surface area contributed by atoms with E-state index in [9.17, 15) is 14.7 Å². The second kappa shape index (κ2) is 4.67. The Morgan fingerprint density at radius 2 is 1.86 bits per heavy atom. The van der Waals surface area contributed by atoms with E-state index in [1.165, 1.54) is 0 Å². The van der Waals surface area contributed by atoms with Crippen molar-refractivity contribution in [2.75, 3.05) is 0 Å². The van der Waals surface area contributed by atoms with Gasteiger partial charge in [0.15, 0.2) is 0 Å². The maximum Gasteiger partial charge on any atom is 0.231 e. The van der Waals surface area contributed by atoms with Crippen LogP contribution in [-0.4, -0.2) is 22.8 Å². The standard InChI is InChI=1S/C11H12O3/c1-2-9(12)11(14)10(13)8-6-4-3-5-7-8/h3-7,9,12H,2H2,1H3. The molecule has 74 valence electrons. The first-order valence-electron chi connectivity index (χ1n) is 4.48. The molecule has 0 saturated carbocycles. The van der Waals surface area contributed by atoms with Crippen molar-refractivity contribution in [3.05, 3.63) is 35.9 Å². The molecule has 1 rings (SSSR count). The molecule has 0 heterocycles. The Morgan fingerprint density at radius 1 is 1.29 bits per heavy atom. The predicted octanol–water partition coefficient (Wildman–Crippen LogP) is 1.21. The van der Waals surface area contributed by atoms with Crippen LogP contribution < -0.4 is 0 Å². The van der Waals surface area contributed by atoms with E-state index >= 15 is 0 Å². The number of hydrogen-bond acceptors (Lipinski definition) is 3. The van der Waals surface area contributed by atoms with E-state index < -0.39 is 17.7 Å². The highest BCUT2D eigenvalue weighted by atomic mass is 16.3. The van der Waals surface area contributed by atoms with Crippen LogP contribution in [0.5, 0.6) is 0 Å². The minimum absolute atomic E-state index is 0.261. The van der Waals surface area contributed by atoms with Crippen molar-refractivity contribution < 1.29 is 14.7 Å². The van der Waals surface area contributed by atoms with Crippen LogP contribution in [0.1, 0.15) is 23.7 Å². The van der Waals surface area contributed by atoms with Crippen molar-refractivity contribution in [3.63, 3.8) is 0 Å². The number of carbonyl (C=O) groups is 2. The first-order valence-corrected chi connectivity index (χ1v) is 4.48. The van der Waals surface area contributed by atoms with Crippen LogP contribution in [0.15, 0.2) is 30.3 Å². The van der Waals surface area contributed by atoms with E-state index in [1.807, 2.05) is 0 Å². The summed E-state index contributed by atoms with van der Waals surface area (Å²) < 4.78 is 0. The Labute approximate surface area is 82.4 Å². The van der Waals surface area contributed by atoms with E-state index in [0.29, 0.717) is 5.56 Å². The molecule has 14 heavy (non-hydrogen) atoms. The number of Topliss-reactive ketones (excluding diaryl/α,β-unsaturated/α-hetero) is 2. The number of hydrogen-bond donors (Lipinski definition) is 1. The Balaban J connectivity index is 2.82. The predicted molar refractivity (Wildman–Crippen MR) is 52.1 cm³/mol. The smallest absolute Gasteiger partial charge is 0.231 e. The molecular formula is C11H12O3. The molecule has 0 aromatic heterocycles. The van der Waals surface area contributed by atoms with Gasteiger partial charge in [0, 0.05) is 5.56 Å². The average Bonchev–Trinajstić information content (AvgIpc) is 2.27. The minimum Gasteiger partial charge on any atom is -0.385 e. The van der Waals surface area contributed by atoms with Gasteiger partial charge in [-0.3, -0.25) is 9.59 Å². The third-order valence-electron chi connectivity index (χ3n) is 1.95. The Bertz CT molecular complexity index is 330. The lowest BCUT2D eigenvalue weighted by molar-refractivity contribution is -0.122. The van der Waals surface area contributed by atoms with E-state index in [2.05, 4.69) is 0 Å². The SMILES string of the molecule is CCC(O)C(=O)C(=O)c1ccccc1. The molecule has 0 radical (unpaired) electrons. The van der Waals surface area contributed by atoms with Gasteiger partial charge in [0.1, 0.15) is 6.10 Å². The fraction of sp³-hybridized carbons (Fsp3) is 0.273. The second-order valence-electron chi connectivity index (χ2n) is 2.98. The third-order valence-corrected chi connectivity index (χ3v) is 1.95. The number of aliphatic hydroxyl groups is 1. The molecule has 0 saturated heterocycles. The van der Waals surface area contributed by atoms with Crippen molar-refractivity contribution in [1.82, 2.24) is 0 Å². The molecule has 0 aliphatic carbocycles. The molecule has 0 aliphatic rings. The fourth-order valence-corrected chi connectivity index (χ4v) is 1.07. The van der Waals surface area contributed by atoms with Gasteiger partial charge in [-0.15, -0.1) is 0 Å². The highest BCUT2D eigenvalue weighted by Crippen LogP contribution is 2.04. The van der Waals surface area contributed by atoms with Crippen LogP contribution in [0.25, 0.3) is 0 Å². The highest BCUT2D eigenvalue weighted by Gasteiger charge is 2.22. The van der Waals surface area contributed by atoms with Gasteiger partial charge in [0.05, 0.1) is 0 Å². The van der Waals surface area contributed by atoms with Crippen LogP contribution in [0.2, 0.25) is 0 Å². The zero-order valence-corrected chi connectivity index (χ0v) is 7.93. The van der Waals surface area contributed by atoms with Crippen molar-refractivity contribution in [1.29, 1.82) is 0 Å². The zero-order valence-electron chi connectivity index (χ0n) is 7.93. The van der Waals surface area contributed by atoms with Crippen LogP contribution >= 0.6 is 0 Å². The van der Waals surface area contributed by atoms with Gasteiger partial charge in [-0.2, -0.15) is 0 Å². The molecule has 1 aromatic rings. The number of carbonyl (C=O) groups excluding carboxylic acids is 2. The van der Waals surface area contributed by atoms with Gasteiger partial charge in [0.2, 0.25) is 11.6 Å². The average molecular weight is 192 g/mol. The largest absolute Gasteiger partial charge is 0.385 e. The summed E-state index contributed by atoms with van der Waals surface area (Å²) in [6.07, 6.45) is -0.917. The normalized spacial score (nSPS) is 12.1. The summed E-state index contributed by atoms with van der Waals surface area (Å²) in [5.74, 6) is -1.36. The van der Waals surface area contributed by atoms with Gasteiger partial charge in [-0.05, 0) is 6.42 Å². The van der Waals surface area contributed by atoms with E-state index in [-0.39, 0.29) is 6.42 Å². The van der Waals surface area contributed by atoms with Crippen molar-refractivity contribution >= 4 is 11.6 Å². The molecule has 1 atom stereocenters. The summed E-state index contributed by atoms with van der Waals surface area (Å²) in [5, 5.41) is 9.19. The first-order chi connectivity index (χ1) is 6.66. The fourth-order valence-electron chi connectivity index (χ4n) is 1.07. The van der Waals surface area contributed by atoms with Crippen molar-refractivity contribution in [2.24, 2.45) is 0 Å². The quantitative estimate of drug-likeness (QED) is 0.576. The summed E-state index contributed by atoms with van der Waals surface area (Å²) in [7, 11) is 0. The number of rotatable bonds is 4. The summed E-state index contributed by atoms with van der Waals surface area (Å²) in [6.45, 7) is 1.65. The summed E-state index contributed by atoms with van der Waals surface area (Å²) in [4.78, 5) is 22.7. The van der Waals surface area contributed by atoms with Crippen molar-refractivity contribution in [3.8, 4) is 0 Å². The summed E-state index contributed by atoms with van der Waals surface area (Å²) in [6, 6.07) is 8.24. The second-order valence-corrected chi connectivity index (χ2v) is 2.98. The van der Waals surface area contributed by atoms with Crippen LogP contribution in [0, 0.1) is 0 Å². The minimum atomic E-state index is -1.18. The summed E-state index contributed by atoms with van der Waals surface area (Å²) in [5.41, 5.74) is 0.324. The number of aliphatic hydroxyl groups excluding tert-OH is 1. The maximum absolute atomic E-state index is 11.4. The van der Waals surface area contributed by atoms with Gasteiger partial charge >= 0.3 is 0 Å². The molecule has 1 N–H and O–H groups in total. The van der Waals surface area contributed by atoms with E-state index in [4.69, 9.17) is 0 Å². The molecule has 0 spiro atoms. The molecule has 3 nitrogen and oxygen atoms in total. The monoisotopic (exact) mass is 192 g/mol. The van der Waals surface area contributed by atoms with Crippen molar-refractivity contribution in [2.45, 2.75) is 19.4 Å². The number of benzene rings is 1. The molecule has 0 fully saturated rings. The van der Waals surface area contributed by atoms with Crippen LogP contribution in [0.4, 0.5) is 0 Å². The molecule has 1 unspecified atom stereocenters. The Morgan fingerprint density at radius 3 is 2.36 bits per heavy atom. The first kappa shape index (κ1) is 10.6. The molecule has 0 bridgehead atoms. The topological polar surface area (TPSA) is 54.4 Å². The Hall–Kier alpha value is -1.48. The van der Waals surface area contributed by atoms with Gasteiger partial charge in [-0.25, -0.2) is 0 Å². The number of ketones is 2. The van der Waals surface area contributed by atoms with Crippen LogP contribution in [-0.2, 0) is 4.79 Å². The third kappa shape index (κ3) is 2.26. The van der Waals surface area contributed by atoms with Crippen LogP contribution in [0.3, 0.4) is 0 Å². The molecule has 0 amide bonds.